The molecule has 0 radical (unpaired) electrons. The van der Waals surface area contributed by atoms with E-state index in [0.29, 0.717) is 12.0 Å². The smallest absolute Gasteiger partial charge is 0.161 e. The van der Waals surface area contributed by atoms with Crippen molar-refractivity contribution in [3.63, 3.8) is 0 Å². The van der Waals surface area contributed by atoms with E-state index in [1.54, 1.807) is 11.8 Å². The Labute approximate surface area is 147 Å². The molecule has 0 saturated carbocycles. The van der Waals surface area contributed by atoms with Crippen LogP contribution in [0.3, 0.4) is 0 Å². The lowest BCUT2D eigenvalue weighted by molar-refractivity contribution is 0.719. The molecule has 0 aromatic heterocycles. The van der Waals surface area contributed by atoms with Crippen LogP contribution in [0.15, 0.2) is 17.1 Å². The van der Waals surface area contributed by atoms with E-state index in [2.05, 4.69) is 65.2 Å². The number of nitrogens with zero attached hydrogens (tertiary/aromatic N) is 1. The fourth-order valence-corrected chi connectivity index (χ4v) is 3.06. The first-order valence-electron chi connectivity index (χ1n) is 9.04. The Morgan fingerprint density at radius 2 is 1.61 bits per heavy atom. The van der Waals surface area contributed by atoms with Crippen molar-refractivity contribution >= 4 is 22.6 Å². The molecule has 2 unspecified atom stereocenters. The van der Waals surface area contributed by atoms with E-state index in [-0.39, 0.29) is 0 Å². The molecule has 0 spiro atoms. The maximum atomic E-state index is 4.80. The van der Waals surface area contributed by atoms with Crippen molar-refractivity contribution in [2.75, 3.05) is 11.6 Å². The summed E-state index contributed by atoms with van der Waals surface area (Å²) < 4.78 is 0. The number of rotatable bonds is 7. The molecule has 1 N–H and O–H groups in total. The minimum absolute atomic E-state index is 0.361. The van der Waals surface area contributed by atoms with Gasteiger partial charge >= 0.3 is 0 Å². The summed E-state index contributed by atoms with van der Waals surface area (Å²) in [5, 5.41) is 4.66. The van der Waals surface area contributed by atoms with E-state index in [0.717, 1.165) is 24.4 Å². The van der Waals surface area contributed by atoms with Gasteiger partial charge < -0.3 is 5.32 Å². The molecule has 2 atom stereocenters. The number of aryl methyl sites for hydroxylation is 2. The first kappa shape index (κ1) is 20.1. The Kier molecular flexibility index (Phi) is 8.75. The van der Waals surface area contributed by atoms with Crippen LogP contribution in [0.1, 0.15) is 77.0 Å². The quantitative estimate of drug-likeness (QED) is 0.470. The van der Waals surface area contributed by atoms with Crippen molar-refractivity contribution in [1.82, 2.24) is 0 Å². The summed E-state index contributed by atoms with van der Waals surface area (Å²) in [7, 11) is 0. The van der Waals surface area contributed by atoms with Crippen LogP contribution in [0.5, 0.6) is 0 Å². The highest BCUT2D eigenvalue weighted by Gasteiger charge is 2.13. The van der Waals surface area contributed by atoms with Gasteiger partial charge in [0.15, 0.2) is 5.17 Å². The standard InChI is InChI=1S/C20H34N2S/c1-8-14(5)18-12-16(10-3)19(17(11-4)13-18)22-20(23-7)21-15(6)9-2/h12-15H,8-11H2,1-7H3,(H,21,22). The number of hydrogen-bond acceptors (Lipinski definition) is 2. The predicted octanol–water partition coefficient (Wildman–Crippen LogP) is 6.25. The average molecular weight is 335 g/mol. The third-order valence-electron chi connectivity index (χ3n) is 4.62. The van der Waals surface area contributed by atoms with Gasteiger partial charge in [-0.15, -0.1) is 0 Å². The number of nitrogens with one attached hydrogen (secondary N) is 1. The summed E-state index contributed by atoms with van der Waals surface area (Å²) in [6.07, 6.45) is 6.44. The SMILES string of the molecule is CCc1cc(C(C)CC)cc(CC)c1NC(=NC(C)CC)SC. The zero-order valence-corrected chi connectivity index (χ0v) is 16.8. The largest absolute Gasteiger partial charge is 0.335 e. The topological polar surface area (TPSA) is 24.4 Å². The lowest BCUT2D eigenvalue weighted by Crippen LogP contribution is -2.14. The second-order valence-corrected chi connectivity index (χ2v) is 7.05. The molecule has 1 aromatic rings. The number of thioether (sulfide) groups is 1. The van der Waals surface area contributed by atoms with Gasteiger partial charge in [0.05, 0.1) is 0 Å². The first-order chi connectivity index (χ1) is 11.0. The van der Waals surface area contributed by atoms with E-state index in [9.17, 15) is 0 Å². The van der Waals surface area contributed by atoms with E-state index in [1.807, 2.05) is 0 Å². The van der Waals surface area contributed by atoms with E-state index >= 15 is 0 Å². The second kappa shape index (κ2) is 10.0. The molecule has 0 saturated heterocycles. The average Bonchev–Trinajstić information content (AvgIpc) is 2.59. The third-order valence-corrected chi connectivity index (χ3v) is 5.22. The van der Waals surface area contributed by atoms with Crippen LogP contribution in [0, 0.1) is 0 Å². The molecule has 0 aliphatic carbocycles. The minimum atomic E-state index is 0.361. The maximum Gasteiger partial charge on any atom is 0.161 e. The molecule has 1 rings (SSSR count). The second-order valence-electron chi connectivity index (χ2n) is 6.25. The normalized spacial score (nSPS) is 14.7. The fraction of sp³-hybridized carbons (Fsp3) is 0.650. The molecule has 0 bridgehead atoms. The highest BCUT2D eigenvalue weighted by atomic mass is 32.2. The lowest BCUT2D eigenvalue weighted by atomic mass is 9.91. The van der Waals surface area contributed by atoms with Crippen molar-refractivity contribution < 1.29 is 0 Å². The predicted molar refractivity (Wildman–Crippen MR) is 108 cm³/mol. The molecule has 0 aliphatic rings. The molecule has 130 valence electrons. The van der Waals surface area contributed by atoms with Gasteiger partial charge in [-0.1, -0.05) is 58.5 Å². The van der Waals surface area contributed by atoms with Crippen LogP contribution in [0.2, 0.25) is 0 Å². The molecule has 2 nitrogen and oxygen atoms in total. The molecule has 0 fully saturated rings. The molecular weight excluding hydrogens is 300 g/mol. The highest BCUT2D eigenvalue weighted by Crippen LogP contribution is 2.30. The maximum absolute atomic E-state index is 4.80. The monoisotopic (exact) mass is 334 g/mol. The van der Waals surface area contributed by atoms with Crippen LogP contribution in [-0.4, -0.2) is 17.5 Å². The molecule has 23 heavy (non-hydrogen) atoms. The van der Waals surface area contributed by atoms with Crippen molar-refractivity contribution in [2.45, 2.75) is 79.2 Å². The summed E-state index contributed by atoms with van der Waals surface area (Å²) in [5.41, 5.74) is 5.56. The molecule has 0 aliphatic heterocycles. The third kappa shape index (κ3) is 5.56. The van der Waals surface area contributed by atoms with Gasteiger partial charge in [-0.05, 0) is 61.5 Å². The van der Waals surface area contributed by atoms with Gasteiger partial charge in [0.25, 0.3) is 0 Å². The van der Waals surface area contributed by atoms with Crippen LogP contribution in [0.4, 0.5) is 5.69 Å². The fourth-order valence-electron chi connectivity index (χ4n) is 2.57. The number of anilines is 1. The van der Waals surface area contributed by atoms with Gasteiger partial charge in [0, 0.05) is 11.7 Å². The molecule has 0 heterocycles. The Balaban J connectivity index is 3.25. The Morgan fingerprint density at radius 1 is 1.04 bits per heavy atom. The number of benzene rings is 1. The zero-order valence-electron chi connectivity index (χ0n) is 16.0. The van der Waals surface area contributed by atoms with Crippen molar-refractivity contribution in [2.24, 2.45) is 4.99 Å². The summed E-state index contributed by atoms with van der Waals surface area (Å²) in [5.74, 6) is 0.619. The Morgan fingerprint density at radius 3 is 2.00 bits per heavy atom. The summed E-state index contributed by atoms with van der Waals surface area (Å²) in [6, 6.07) is 5.13. The molecule has 1 aromatic carbocycles. The van der Waals surface area contributed by atoms with Gasteiger partial charge in [-0.2, -0.15) is 0 Å². The van der Waals surface area contributed by atoms with Crippen molar-refractivity contribution in [1.29, 1.82) is 0 Å². The van der Waals surface area contributed by atoms with Crippen LogP contribution >= 0.6 is 11.8 Å². The number of aliphatic imine (C=N–C) groups is 1. The first-order valence-corrected chi connectivity index (χ1v) is 10.3. The van der Waals surface area contributed by atoms with Crippen molar-refractivity contribution in [3.8, 4) is 0 Å². The van der Waals surface area contributed by atoms with Gasteiger partial charge in [-0.25, -0.2) is 0 Å². The molecular formula is C20H34N2S. The summed E-state index contributed by atoms with van der Waals surface area (Å²) >= 11 is 1.70. The zero-order chi connectivity index (χ0) is 17.4. The van der Waals surface area contributed by atoms with E-state index in [1.165, 1.54) is 28.8 Å². The lowest BCUT2D eigenvalue weighted by Gasteiger charge is -2.20. The number of amidine groups is 1. The van der Waals surface area contributed by atoms with Gasteiger partial charge in [0.2, 0.25) is 0 Å². The highest BCUT2D eigenvalue weighted by molar-refractivity contribution is 8.13. The van der Waals surface area contributed by atoms with Crippen LogP contribution < -0.4 is 5.32 Å². The minimum Gasteiger partial charge on any atom is -0.335 e. The molecule has 3 heteroatoms. The van der Waals surface area contributed by atoms with Crippen LogP contribution in [0.25, 0.3) is 0 Å². The Bertz CT molecular complexity index is 497. The molecule has 0 amide bonds. The summed E-state index contributed by atoms with van der Waals surface area (Å²) in [6.45, 7) is 13.4. The number of hydrogen-bond donors (Lipinski definition) is 1. The van der Waals surface area contributed by atoms with Gasteiger partial charge in [-0.3, -0.25) is 4.99 Å². The van der Waals surface area contributed by atoms with Gasteiger partial charge in [0.1, 0.15) is 0 Å². The van der Waals surface area contributed by atoms with E-state index < -0.39 is 0 Å². The summed E-state index contributed by atoms with van der Waals surface area (Å²) in [4.78, 5) is 4.80. The van der Waals surface area contributed by atoms with Crippen LogP contribution in [-0.2, 0) is 12.8 Å². The Hall–Kier alpha value is -0.960. The van der Waals surface area contributed by atoms with E-state index in [4.69, 9.17) is 4.99 Å². The van der Waals surface area contributed by atoms with Crippen molar-refractivity contribution in [3.05, 3.63) is 28.8 Å².